The van der Waals surface area contributed by atoms with E-state index in [0.717, 1.165) is 5.69 Å². The highest BCUT2D eigenvalue weighted by Gasteiger charge is 2.10. The second-order valence-electron chi connectivity index (χ2n) is 6.75. The molecule has 1 N–H and O–H groups in total. The number of nitrogens with one attached hydrogen (secondary N) is 1. The molecule has 9 nitrogen and oxygen atoms in total. The molecule has 0 atom stereocenters. The molecular formula is C20H21N7O2S. The summed E-state index contributed by atoms with van der Waals surface area (Å²) >= 11 is 1.33. The molecule has 154 valence electrons. The maximum Gasteiger partial charge on any atom is 0.350 e. The van der Waals surface area contributed by atoms with E-state index in [2.05, 4.69) is 20.6 Å². The van der Waals surface area contributed by atoms with Gasteiger partial charge >= 0.3 is 5.69 Å². The van der Waals surface area contributed by atoms with Gasteiger partial charge in [-0.3, -0.25) is 13.8 Å². The van der Waals surface area contributed by atoms with Gasteiger partial charge in [0.05, 0.1) is 5.75 Å². The number of aromatic nitrogens is 6. The molecule has 10 heteroatoms. The first-order chi connectivity index (χ1) is 14.6. The Balaban J connectivity index is 1.25. The van der Waals surface area contributed by atoms with Crippen LogP contribution in [0.1, 0.15) is 12.0 Å². The molecule has 0 aliphatic rings. The smallest absolute Gasteiger partial charge is 0.350 e. The van der Waals surface area contributed by atoms with E-state index in [0.29, 0.717) is 30.3 Å². The van der Waals surface area contributed by atoms with Crippen molar-refractivity contribution in [2.75, 3.05) is 12.3 Å². The van der Waals surface area contributed by atoms with Crippen molar-refractivity contribution in [1.29, 1.82) is 0 Å². The SMILES string of the molecule is Cc1ccc(-n2cnnc2SCC(=O)NCCCn2nc3ccccn3c2=O)cc1. The number of amides is 1. The largest absolute Gasteiger partial charge is 0.355 e. The van der Waals surface area contributed by atoms with Crippen molar-refractivity contribution in [3.8, 4) is 5.69 Å². The number of hydrogen-bond donors (Lipinski definition) is 1. The van der Waals surface area contributed by atoms with Gasteiger partial charge < -0.3 is 5.32 Å². The summed E-state index contributed by atoms with van der Waals surface area (Å²) in [4.78, 5) is 24.4. The molecule has 0 radical (unpaired) electrons. The maximum absolute atomic E-state index is 12.2. The Morgan fingerprint density at radius 1 is 1.17 bits per heavy atom. The third kappa shape index (κ3) is 4.43. The quantitative estimate of drug-likeness (QED) is 0.342. The van der Waals surface area contributed by atoms with E-state index >= 15 is 0 Å². The second kappa shape index (κ2) is 8.95. The summed E-state index contributed by atoms with van der Waals surface area (Å²) in [5, 5.41) is 15.9. The molecular weight excluding hydrogens is 402 g/mol. The van der Waals surface area contributed by atoms with Crippen LogP contribution in [-0.4, -0.2) is 47.2 Å². The predicted octanol–water partition coefficient (Wildman–Crippen LogP) is 1.68. The lowest BCUT2D eigenvalue weighted by molar-refractivity contribution is -0.118. The molecule has 0 saturated heterocycles. The molecule has 0 aliphatic carbocycles. The minimum atomic E-state index is -0.178. The van der Waals surface area contributed by atoms with Crippen LogP contribution in [0.15, 0.2) is 64.9 Å². The highest BCUT2D eigenvalue weighted by atomic mass is 32.2. The molecule has 0 spiro atoms. The molecule has 4 rings (SSSR count). The molecule has 0 saturated carbocycles. The van der Waals surface area contributed by atoms with E-state index in [-0.39, 0.29) is 17.3 Å². The fourth-order valence-corrected chi connectivity index (χ4v) is 3.72. The zero-order valence-corrected chi connectivity index (χ0v) is 17.2. The van der Waals surface area contributed by atoms with E-state index in [1.165, 1.54) is 26.4 Å². The molecule has 0 aliphatic heterocycles. The van der Waals surface area contributed by atoms with Crippen LogP contribution < -0.4 is 11.0 Å². The Hall–Kier alpha value is -3.40. The molecule has 0 fully saturated rings. The van der Waals surface area contributed by atoms with Crippen molar-refractivity contribution in [2.24, 2.45) is 0 Å². The standard InChI is InChI=1S/C20H21N7O2S/c1-15-6-8-16(9-7-15)26-14-22-23-19(26)30-13-18(28)21-10-4-12-27-20(29)25-11-3-2-5-17(25)24-27/h2-3,5-9,11,14H,4,10,12-13H2,1H3,(H,21,28). The first kappa shape index (κ1) is 19.9. The van der Waals surface area contributed by atoms with Gasteiger partial charge in [0, 0.05) is 25.0 Å². The Bertz CT molecular complexity index is 1210. The molecule has 1 amide bonds. The number of pyridine rings is 1. The van der Waals surface area contributed by atoms with Crippen LogP contribution in [0.4, 0.5) is 0 Å². The summed E-state index contributed by atoms with van der Waals surface area (Å²) in [6.07, 6.45) is 3.94. The number of carbonyl (C=O) groups excluding carboxylic acids is 1. The first-order valence-corrected chi connectivity index (χ1v) is 10.5. The molecule has 3 aromatic heterocycles. The van der Waals surface area contributed by atoms with Gasteiger partial charge in [-0.05, 0) is 37.6 Å². The molecule has 1 aromatic carbocycles. The van der Waals surface area contributed by atoms with E-state index in [9.17, 15) is 9.59 Å². The predicted molar refractivity (Wildman–Crippen MR) is 114 cm³/mol. The minimum absolute atomic E-state index is 0.0965. The number of thioether (sulfide) groups is 1. The minimum Gasteiger partial charge on any atom is -0.355 e. The number of carbonyl (C=O) groups is 1. The topological polar surface area (TPSA) is 99.1 Å². The van der Waals surface area contributed by atoms with Crippen molar-refractivity contribution in [2.45, 2.75) is 25.0 Å². The van der Waals surface area contributed by atoms with Gasteiger partial charge in [0.2, 0.25) is 5.91 Å². The van der Waals surface area contributed by atoms with Crippen LogP contribution in [0, 0.1) is 6.92 Å². The van der Waals surface area contributed by atoms with E-state index in [1.807, 2.05) is 41.8 Å². The third-order valence-electron chi connectivity index (χ3n) is 4.52. The van der Waals surface area contributed by atoms with Crippen molar-refractivity contribution < 1.29 is 4.79 Å². The highest BCUT2D eigenvalue weighted by molar-refractivity contribution is 7.99. The van der Waals surface area contributed by atoms with Crippen LogP contribution in [0.2, 0.25) is 0 Å². The van der Waals surface area contributed by atoms with E-state index < -0.39 is 0 Å². The second-order valence-corrected chi connectivity index (χ2v) is 7.69. The molecule has 3 heterocycles. The Morgan fingerprint density at radius 2 is 2.00 bits per heavy atom. The van der Waals surface area contributed by atoms with Crippen molar-refractivity contribution in [1.82, 2.24) is 34.3 Å². The van der Waals surface area contributed by atoms with E-state index in [4.69, 9.17) is 0 Å². The Kier molecular flexibility index (Phi) is 5.94. The van der Waals surface area contributed by atoms with Crippen molar-refractivity contribution in [3.63, 3.8) is 0 Å². The van der Waals surface area contributed by atoms with Gasteiger partial charge in [0.15, 0.2) is 10.8 Å². The number of hydrogen-bond acceptors (Lipinski definition) is 6. The maximum atomic E-state index is 12.2. The van der Waals surface area contributed by atoms with Crippen molar-refractivity contribution in [3.05, 3.63) is 71.0 Å². The molecule has 0 bridgehead atoms. The monoisotopic (exact) mass is 423 g/mol. The van der Waals surface area contributed by atoms with Crippen LogP contribution in [0.25, 0.3) is 11.3 Å². The highest BCUT2D eigenvalue weighted by Crippen LogP contribution is 2.19. The van der Waals surface area contributed by atoms with Crippen LogP contribution in [0.5, 0.6) is 0 Å². The summed E-state index contributed by atoms with van der Waals surface area (Å²) in [5.41, 5.74) is 2.56. The number of rotatable bonds is 8. The third-order valence-corrected chi connectivity index (χ3v) is 5.46. The van der Waals surface area contributed by atoms with Gasteiger partial charge in [-0.2, -0.15) is 0 Å². The van der Waals surface area contributed by atoms with Gasteiger partial charge in [-0.15, -0.1) is 15.3 Å². The first-order valence-electron chi connectivity index (χ1n) is 9.52. The fraction of sp³-hybridized carbons (Fsp3) is 0.250. The van der Waals surface area contributed by atoms with Gasteiger partial charge in [0.25, 0.3) is 0 Å². The average Bonchev–Trinajstić information content (AvgIpc) is 3.35. The zero-order chi connectivity index (χ0) is 20.9. The summed E-state index contributed by atoms with van der Waals surface area (Å²) in [7, 11) is 0. The van der Waals surface area contributed by atoms with Crippen LogP contribution >= 0.6 is 11.8 Å². The van der Waals surface area contributed by atoms with Crippen LogP contribution in [-0.2, 0) is 11.3 Å². The number of aryl methyl sites for hydroxylation is 2. The number of benzene rings is 1. The van der Waals surface area contributed by atoms with Gasteiger partial charge in [0.1, 0.15) is 6.33 Å². The molecule has 4 aromatic rings. The average molecular weight is 424 g/mol. The lowest BCUT2D eigenvalue weighted by Gasteiger charge is -2.07. The Morgan fingerprint density at radius 3 is 2.80 bits per heavy atom. The van der Waals surface area contributed by atoms with Crippen LogP contribution in [0.3, 0.4) is 0 Å². The van der Waals surface area contributed by atoms with E-state index in [1.54, 1.807) is 24.7 Å². The Labute approximate surface area is 176 Å². The van der Waals surface area contributed by atoms with Gasteiger partial charge in [-0.1, -0.05) is 35.5 Å². The summed E-state index contributed by atoms with van der Waals surface area (Å²) in [6, 6.07) is 13.4. The lowest BCUT2D eigenvalue weighted by Crippen LogP contribution is -2.28. The summed E-state index contributed by atoms with van der Waals surface area (Å²) < 4.78 is 4.77. The number of nitrogens with zero attached hydrogens (tertiary/aromatic N) is 6. The van der Waals surface area contributed by atoms with Gasteiger partial charge in [-0.25, -0.2) is 9.48 Å². The normalized spacial score (nSPS) is 11.1. The molecule has 30 heavy (non-hydrogen) atoms. The number of fused-ring (bicyclic) bond motifs is 1. The molecule has 0 unspecified atom stereocenters. The summed E-state index contributed by atoms with van der Waals surface area (Å²) in [5.74, 6) is 0.139. The lowest BCUT2D eigenvalue weighted by atomic mass is 10.2. The summed E-state index contributed by atoms with van der Waals surface area (Å²) in [6.45, 7) is 2.93. The van der Waals surface area contributed by atoms with Crippen molar-refractivity contribution >= 4 is 23.3 Å². The fourth-order valence-electron chi connectivity index (χ4n) is 2.96. The zero-order valence-electron chi connectivity index (χ0n) is 16.4.